The highest BCUT2D eigenvalue weighted by Crippen LogP contribution is 2.57. The molecule has 2 N–H and O–H groups in total. The first-order valence-corrected chi connectivity index (χ1v) is 29.5. The van der Waals surface area contributed by atoms with E-state index in [0.717, 1.165) is 30.5 Å². The van der Waals surface area contributed by atoms with E-state index in [2.05, 4.69) is 10.3 Å². The molecule has 2 aliphatic rings. The first-order valence-electron chi connectivity index (χ1n) is 28.0. The summed E-state index contributed by atoms with van der Waals surface area (Å²) in [4.78, 5) is 76.5. The summed E-state index contributed by atoms with van der Waals surface area (Å²) in [5.74, 6) is -1.33. The third-order valence-corrected chi connectivity index (χ3v) is 16.2. The number of methoxy groups -OCH3 is 2. The van der Waals surface area contributed by atoms with Gasteiger partial charge in [0.25, 0.3) is 5.56 Å². The fourth-order valence-corrected chi connectivity index (χ4v) is 12.4. The molecular formula is C59H81N4O21P. The average molecular weight is 1210 g/mol. The van der Waals surface area contributed by atoms with Crippen LogP contribution in [0.1, 0.15) is 90.3 Å². The number of rotatable bonds is 33. The Bertz CT molecular complexity index is 2890. The maximum absolute atomic E-state index is 15.6. The molecule has 0 saturated carbocycles. The van der Waals surface area contributed by atoms with E-state index in [9.17, 15) is 28.8 Å². The van der Waals surface area contributed by atoms with Crippen molar-refractivity contribution in [2.75, 3.05) is 80.3 Å². The highest BCUT2D eigenvalue weighted by Gasteiger charge is 2.52. The molecule has 6 rings (SSSR count). The van der Waals surface area contributed by atoms with Gasteiger partial charge in [-0.15, -0.1) is 0 Å². The lowest BCUT2D eigenvalue weighted by Gasteiger charge is -2.44. The zero-order chi connectivity index (χ0) is 61.8. The van der Waals surface area contributed by atoms with Gasteiger partial charge in [0, 0.05) is 58.0 Å². The van der Waals surface area contributed by atoms with E-state index in [-0.39, 0.29) is 90.1 Å². The molecular weight excluding hydrogens is 1130 g/mol. The maximum atomic E-state index is 15.6. The molecule has 3 heterocycles. The summed E-state index contributed by atoms with van der Waals surface area (Å²) < 4.78 is 102. The molecule has 0 spiro atoms. The van der Waals surface area contributed by atoms with Crippen LogP contribution in [0.25, 0.3) is 0 Å². The number of benzene rings is 3. The van der Waals surface area contributed by atoms with Crippen LogP contribution in [0, 0.1) is 6.92 Å². The Hall–Kier alpha value is -6.35. The van der Waals surface area contributed by atoms with Gasteiger partial charge < -0.3 is 62.2 Å². The summed E-state index contributed by atoms with van der Waals surface area (Å²) in [5, 5.41) is 2.64. The molecule has 2 fully saturated rings. The van der Waals surface area contributed by atoms with Gasteiger partial charge in [-0.3, -0.25) is 42.6 Å². The van der Waals surface area contributed by atoms with E-state index in [0.29, 0.717) is 11.5 Å². The van der Waals surface area contributed by atoms with Gasteiger partial charge in [0.05, 0.1) is 73.7 Å². The average Bonchev–Trinajstić information content (AvgIpc) is 1.99. The number of carbonyl (C=O) groups is 4. The van der Waals surface area contributed by atoms with Crippen molar-refractivity contribution < 1.29 is 89.6 Å². The highest BCUT2D eigenvalue weighted by molar-refractivity contribution is 7.51. The van der Waals surface area contributed by atoms with Crippen LogP contribution in [0.15, 0.2) is 94.6 Å². The number of ether oxygens (including phenoxy) is 12. The fraction of sp³-hybridized carbons (Fsp3) is 0.559. The predicted octanol–water partition coefficient (Wildman–Crippen LogP) is 5.51. The van der Waals surface area contributed by atoms with Crippen molar-refractivity contribution in [3.05, 3.63) is 128 Å². The number of carbonyl (C=O) groups excluding carboxylic acids is 4. The molecule has 85 heavy (non-hydrogen) atoms. The predicted molar refractivity (Wildman–Crippen MR) is 306 cm³/mol. The molecule has 2 aliphatic heterocycles. The number of hydrogen-bond donors (Lipinski definition) is 2. The Labute approximate surface area is 494 Å². The number of hydrogen-bond acceptors (Lipinski definition) is 21. The summed E-state index contributed by atoms with van der Waals surface area (Å²) in [6.45, 7) is 13.8. The van der Waals surface area contributed by atoms with Crippen LogP contribution in [-0.2, 0) is 85.8 Å². The van der Waals surface area contributed by atoms with Crippen molar-refractivity contribution in [2.24, 2.45) is 0 Å². The largest absolute Gasteiger partial charge is 0.497 e. The van der Waals surface area contributed by atoms with E-state index in [1.807, 2.05) is 107 Å². The van der Waals surface area contributed by atoms with Crippen molar-refractivity contribution in [3.63, 3.8) is 0 Å². The number of aromatic amines is 1. The van der Waals surface area contributed by atoms with Crippen molar-refractivity contribution in [3.8, 4) is 11.5 Å². The monoisotopic (exact) mass is 1210 g/mol. The number of nitrogens with one attached hydrogen (secondary N) is 2. The Balaban J connectivity index is 1.10. The highest BCUT2D eigenvalue weighted by atomic mass is 31.2. The molecule has 9 atom stereocenters. The molecule has 2 saturated heterocycles. The van der Waals surface area contributed by atoms with Crippen LogP contribution in [0.2, 0.25) is 0 Å². The minimum Gasteiger partial charge on any atom is -0.497 e. The van der Waals surface area contributed by atoms with Gasteiger partial charge in [-0.05, 0) is 75.6 Å². The van der Waals surface area contributed by atoms with Gasteiger partial charge in [0.15, 0.2) is 18.5 Å². The number of aromatic nitrogens is 2. The normalized spacial score (nSPS) is 21.3. The second-order valence-electron chi connectivity index (χ2n) is 20.6. The van der Waals surface area contributed by atoms with Crippen molar-refractivity contribution in [1.82, 2.24) is 19.5 Å². The zero-order valence-corrected chi connectivity index (χ0v) is 50.9. The summed E-state index contributed by atoms with van der Waals surface area (Å²) >= 11 is 0. The molecule has 1 aromatic heterocycles. The third kappa shape index (κ3) is 18.6. The third-order valence-electron chi connectivity index (χ3n) is 13.7. The van der Waals surface area contributed by atoms with Crippen LogP contribution >= 0.6 is 7.75 Å². The van der Waals surface area contributed by atoms with Crippen molar-refractivity contribution in [1.29, 1.82) is 0 Å². The quantitative estimate of drug-likeness (QED) is 0.0195. The van der Waals surface area contributed by atoms with E-state index >= 15 is 4.57 Å². The van der Waals surface area contributed by atoms with Gasteiger partial charge in [0.2, 0.25) is 5.91 Å². The van der Waals surface area contributed by atoms with Crippen LogP contribution in [-0.4, -0.2) is 173 Å². The molecule has 26 heteroatoms. The van der Waals surface area contributed by atoms with E-state index < -0.39 is 97.5 Å². The Morgan fingerprint density at radius 2 is 1.22 bits per heavy atom. The zero-order valence-electron chi connectivity index (χ0n) is 50.0. The van der Waals surface area contributed by atoms with Crippen LogP contribution in [0.5, 0.6) is 11.5 Å². The molecule has 468 valence electrons. The molecule has 2 unspecified atom stereocenters. The van der Waals surface area contributed by atoms with Crippen LogP contribution in [0.4, 0.5) is 0 Å². The number of esters is 3. The summed E-state index contributed by atoms with van der Waals surface area (Å²) in [6.07, 6.45) is -6.42. The van der Waals surface area contributed by atoms with Gasteiger partial charge in [-0.25, -0.2) is 14.0 Å². The maximum Gasteiger partial charge on any atom is 0.409 e. The molecule has 0 aliphatic carbocycles. The number of H-pyrrole nitrogens is 1. The van der Waals surface area contributed by atoms with Gasteiger partial charge >= 0.3 is 31.3 Å². The first kappa shape index (κ1) is 67.8. The second-order valence-corrected chi connectivity index (χ2v) is 22.5. The summed E-state index contributed by atoms with van der Waals surface area (Å²) in [5.41, 5.74) is 0.0383. The molecule has 25 nitrogen and oxygen atoms in total. The minimum absolute atomic E-state index is 0.00463. The Kier molecular flexibility index (Phi) is 25.8. The van der Waals surface area contributed by atoms with E-state index in [1.54, 1.807) is 25.8 Å². The minimum atomic E-state index is -4.25. The smallest absolute Gasteiger partial charge is 0.409 e. The Morgan fingerprint density at radius 1 is 0.694 bits per heavy atom. The first-order chi connectivity index (χ1) is 40.6. The molecule has 4 aromatic rings. The van der Waals surface area contributed by atoms with Gasteiger partial charge in [-0.2, -0.15) is 0 Å². The van der Waals surface area contributed by atoms with E-state index in [4.69, 9.17) is 65.9 Å². The molecule has 0 bridgehead atoms. The molecule has 3 aromatic carbocycles. The number of nitrogens with zero attached hydrogens (tertiary/aromatic N) is 2. The van der Waals surface area contributed by atoms with Crippen LogP contribution < -0.4 is 26.0 Å². The lowest BCUT2D eigenvalue weighted by atomic mass is 9.80. The lowest BCUT2D eigenvalue weighted by Crippen LogP contribution is -2.66. The Morgan fingerprint density at radius 3 is 1.74 bits per heavy atom. The van der Waals surface area contributed by atoms with E-state index in [1.165, 1.54) is 24.6 Å². The topological polar surface area (TPSA) is 285 Å². The number of amides is 1. The molecule has 0 radical (unpaired) electrons. The standard InChI is InChI=1S/C59H81N4O21P/c1-37(2)63(38(3)4)85(70,79-32-30-75-28-26-73-25-27-74-29-31-76-57-53(60-40(6)64)55(81-43(9)67)54(80-42(8)66)51(83-57)35-77-41(7)65)84-49-33-52(62-34-39(5)56(68)61-58(62)69)82-50(49)36-78-59(44-15-13-12-14-16-44,45-17-21-47(71-10)22-18-45)46-19-23-48(72-11)24-20-46/h12-24,34,37-38,49-55,57H,25-33,35-36H2,1-11H3,(H,60,64)(H,61,68,69)/t49?,50-,51-,52-,53+,54+,55-,57-,85?/m1/s1. The van der Waals surface area contributed by atoms with Gasteiger partial charge in [0.1, 0.15) is 54.3 Å². The SMILES string of the molecule is COc1ccc(C(OC[C@H]2O[C@@H](n3cc(C)c(=O)[nH]c3=O)CC2OP(=O)(OCCOCCOCCOCCO[C@@H]2O[C@H](COC(C)=O)[C@H](OC(C)=O)[C@H](OC(C)=O)[C@@H]2NC(C)=O)N(C(C)C)C(C)C)(c2ccccc2)c2ccc(OC)cc2)cc1. The summed E-state index contributed by atoms with van der Waals surface area (Å²) in [7, 11) is -1.08. The van der Waals surface area contributed by atoms with Gasteiger partial charge in [-0.1, -0.05) is 54.6 Å². The fourth-order valence-electron chi connectivity index (χ4n) is 10.1. The summed E-state index contributed by atoms with van der Waals surface area (Å²) in [6, 6.07) is 22.9. The lowest BCUT2D eigenvalue weighted by molar-refractivity contribution is -0.279. The van der Waals surface area contributed by atoms with Crippen LogP contribution in [0.3, 0.4) is 0 Å². The van der Waals surface area contributed by atoms with Crippen molar-refractivity contribution >= 4 is 31.6 Å². The number of aryl methyl sites for hydroxylation is 1. The molecule has 1 amide bonds. The second kappa shape index (κ2) is 32.4. The van der Waals surface area contributed by atoms with Crippen molar-refractivity contribution in [2.45, 2.75) is 135 Å².